The molecule has 4 heteroatoms. The molecule has 0 bridgehead atoms. The zero-order valence-corrected chi connectivity index (χ0v) is 17.4. The number of ether oxygens (including phenoxy) is 1. The number of nitrogens with zero attached hydrogens (tertiary/aromatic N) is 1. The minimum atomic E-state index is -0.0514. The lowest BCUT2D eigenvalue weighted by Gasteiger charge is -2.11. The van der Waals surface area contributed by atoms with E-state index in [1.54, 1.807) is 38.3 Å². The lowest BCUT2D eigenvalue weighted by Crippen LogP contribution is -2.08. The average molecular weight is 407 g/mol. The molecule has 0 unspecified atom stereocenters. The largest absolute Gasteiger partial charge is 0.496 e. The summed E-state index contributed by atoms with van der Waals surface area (Å²) in [6.45, 7) is 1.79. The van der Waals surface area contributed by atoms with Gasteiger partial charge in [-0.15, -0.1) is 0 Å². The Hall–Kier alpha value is -4.10. The first-order valence-electron chi connectivity index (χ1n) is 9.97. The molecule has 4 rings (SSSR count). The lowest BCUT2D eigenvalue weighted by atomic mass is 10.0. The number of benzene rings is 3. The quantitative estimate of drug-likeness (QED) is 0.413. The summed E-state index contributed by atoms with van der Waals surface area (Å²) in [5.74, 6) is 1.20. The van der Waals surface area contributed by atoms with Crippen molar-refractivity contribution in [1.29, 1.82) is 5.26 Å². The van der Waals surface area contributed by atoms with Crippen LogP contribution in [0.25, 0.3) is 28.4 Å². The van der Waals surface area contributed by atoms with E-state index in [4.69, 9.17) is 14.4 Å². The Balaban J connectivity index is 1.82. The van der Waals surface area contributed by atoms with Crippen LogP contribution in [0.2, 0.25) is 0 Å². The molecular weight excluding hydrogens is 386 g/mol. The van der Waals surface area contributed by atoms with Crippen LogP contribution in [0.5, 0.6) is 5.75 Å². The minimum Gasteiger partial charge on any atom is -0.496 e. The predicted octanol–water partition coefficient (Wildman–Crippen LogP) is 5.90. The summed E-state index contributed by atoms with van der Waals surface area (Å²) in [6.07, 6.45) is 4.60. The highest BCUT2D eigenvalue weighted by molar-refractivity contribution is 5.90. The summed E-state index contributed by atoms with van der Waals surface area (Å²) < 4.78 is 11.9. The standard InChI is InChI=1S/C27H21NO3/c1-18-25(29)23-15-16-24(30-2)22(10-6-7-19-11-13-20(17-28)14-12-19)27(23)31-26(18)21-8-4-3-5-9-21/h3-6,8-16H,7H2,1-2H3. The predicted molar refractivity (Wildman–Crippen MR) is 123 cm³/mol. The molecule has 0 radical (unpaired) electrons. The van der Waals surface area contributed by atoms with Gasteiger partial charge in [-0.1, -0.05) is 54.6 Å². The number of rotatable bonds is 5. The Labute approximate surface area is 180 Å². The highest BCUT2D eigenvalue weighted by Crippen LogP contribution is 2.32. The monoisotopic (exact) mass is 407 g/mol. The van der Waals surface area contributed by atoms with Crippen LogP contribution in [-0.4, -0.2) is 7.11 Å². The molecule has 0 amide bonds. The Kier molecular flexibility index (Phi) is 5.68. The topological polar surface area (TPSA) is 63.2 Å². The molecule has 31 heavy (non-hydrogen) atoms. The number of methoxy groups -OCH3 is 1. The second-order valence-electron chi connectivity index (χ2n) is 7.22. The first-order valence-corrected chi connectivity index (χ1v) is 9.97. The van der Waals surface area contributed by atoms with Gasteiger partial charge in [0.05, 0.1) is 29.7 Å². The van der Waals surface area contributed by atoms with E-state index in [1.807, 2.05) is 54.6 Å². The Morgan fingerprint density at radius 3 is 2.45 bits per heavy atom. The van der Waals surface area contributed by atoms with Gasteiger partial charge in [0.15, 0.2) is 5.43 Å². The van der Waals surface area contributed by atoms with E-state index in [2.05, 4.69) is 6.07 Å². The van der Waals surface area contributed by atoms with E-state index in [0.717, 1.165) is 16.7 Å². The molecule has 0 atom stereocenters. The summed E-state index contributed by atoms with van der Waals surface area (Å²) in [7, 11) is 1.60. The van der Waals surface area contributed by atoms with E-state index in [1.165, 1.54) is 0 Å². The van der Waals surface area contributed by atoms with Crippen molar-refractivity contribution in [2.45, 2.75) is 13.3 Å². The Morgan fingerprint density at radius 2 is 1.77 bits per heavy atom. The fourth-order valence-electron chi connectivity index (χ4n) is 3.58. The lowest BCUT2D eigenvalue weighted by molar-refractivity contribution is 0.413. The summed E-state index contributed by atoms with van der Waals surface area (Å²) in [5, 5.41) is 9.47. The Morgan fingerprint density at radius 1 is 1.03 bits per heavy atom. The third kappa shape index (κ3) is 3.99. The molecule has 0 aliphatic heterocycles. The Bertz CT molecular complexity index is 1360. The molecule has 0 N–H and O–H groups in total. The van der Waals surface area contributed by atoms with Crippen LogP contribution in [0.1, 0.15) is 22.3 Å². The number of allylic oxidation sites excluding steroid dienone is 1. The molecule has 152 valence electrons. The second kappa shape index (κ2) is 8.73. The van der Waals surface area contributed by atoms with Gasteiger partial charge in [0.25, 0.3) is 0 Å². The highest BCUT2D eigenvalue weighted by atomic mass is 16.5. The van der Waals surface area contributed by atoms with Gasteiger partial charge in [0.2, 0.25) is 0 Å². The van der Waals surface area contributed by atoms with Gasteiger partial charge >= 0.3 is 0 Å². The first-order chi connectivity index (χ1) is 15.1. The average Bonchev–Trinajstić information content (AvgIpc) is 2.82. The molecule has 1 heterocycles. The highest BCUT2D eigenvalue weighted by Gasteiger charge is 2.16. The maximum atomic E-state index is 13.1. The van der Waals surface area contributed by atoms with E-state index < -0.39 is 0 Å². The van der Waals surface area contributed by atoms with Crippen molar-refractivity contribution in [2.24, 2.45) is 0 Å². The van der Waals surface area contributed by atoms with Crippen LogP contribution < -0.4 is 10.2 Å². The van der Waals surface area contributed by atoms with Crippen molar-refractivity contribution in [3.05, 3.63) is 105 Å². The van der Waals surface area contributed by atoms with Crippen molar-refractivity contribution in [3.63, 3.8) is 0 Å². The molecule has 0 fully saturated rings. The number of hydrogen-bond acceptors (Lipinski definition) is 4. The normalized spacial score (nSPS) is 11.0. The van der Waals surface area contributed by atoms with Crippen LogP contribution >= 0.6 is 0 Å². The third-order valence-electron chi connectivity index (χ3n) is 5.26. The van der Waals surface area contributed by atoms with Crippen LogP contribution in [0.15, 0.2) is 82.0 Å². The zero-order chi connectivity index (χ0) is 21.8. The molecule has 1 aromatic heterocycles. The van der Waals surface area contributed by atoms with Crippen molar-refractivity contribution in [3.8, 4) is 23.1 Å². The van der Waals surface area contributed by atoms with Gasteiger partial charge < -0.3 is 9.15 Å². The van der Waals surface area contributed by atoms with Crippen molar-refractivity contribution < 1.29 is 9.15 Å². The van der Waals surface area contributed by atoms with Crippen molar-refractivity contribution in [2.75, 3.05) is 7.11 Å². The van der Waals surface area contributed by atoms with Gasteiger partial charge in [-0.25, -0.2) is 0 Å². The number of hydrogen-bond donors (Lipinski definition) is 0. The van der Waals surface area contributed by atoms with E-state index >= 15 is 0 Å². The summed E-state index contributed by atoms with van der Waals surface area (Å²) >= 11 is 0. The van der Waals surface area contributed by atoms with Gasteiger partial charge in [-0.3, -0.25) is 4.79 Å². The third-order valence-corrected chi connectivity index (χ3v) is 5.26. The van der Waals surface area contributed by atoms with Gasteiger partial charge in [-0.2, -0.15) is 5.26 Å². The molecule has 0 aliphatic rings. The van der Waals surface area contributed by atoms with Crippen LogP contribution in [0.4, 0.5) is 0 Å². The van der Waals surface area contributed by atoms with Gasteiger partial charge in [0, 0.05) is 11.1 Å². The van der Waals surface area contributed by atoms with E-state index in [-0.39, 0.29) is 5.43 Å². The van der Waals surface area contributed by atoms with Crippen molar-refractivity contribution >= 4 is 17.0 Å². The van der Waals surface area contributed by atoms with Crippen molar-refractivity contribution in [1.82, 2.24) is 0 Å². The zero-order valence-electron chi connectivity index (χ0n) is 17.4. The van der Waals surface area contributed by atoms with Crippen LogP contribution in [0, 0.1) is 18.3 Å². The number of fused-ring (bicyclic) bond motifs is 1. The summed E-state index contributed by atoms with van der Waals surface area (Å²) in [4.78, 5) is 13.1. The summed E-state index contributed by atoms with van der Waals surface area (Å²) in [6, 6.07) is 22.8. The van der Waals surface area contributed by atoms with Crippen LogP contribution in [0.3, 0.4) is 0 Å². The maximum Gasteiger partial charge on any atom is 0.196 e. The minimum absolute atomic E-state index is 0.0514. The fourth-order valence-corrected chi connectivity index (χ4v) is 3.58. The molecular formula is C27H21NO3. The smallest absolute Gasteiger partial charge is 0.196 e. The molecule has 3 aromatic carbocycles. The molecule has 0 saturated heterocycles. The van der Waals surface area contributed by atoms with Gasteiger partial charge in [-0.05, 0) is 43.2 Å². The fraction of sp³-hybridized carbons (Fsp3) is 0.111. The SMILES string of the molecule is COc1ccc2c(=O)c(C)c(-c3ccccc3)oc2c1C=CCc1ccc(C#N)cc1. The van der Waals surface area contributed by atoms with E-state index in [0.29, 0.717) is 40.0 Å². The molecule has 0 saturated carbocycles. The van der Waals surface area contributed by atoms with Gasteiger partial charge in [0.1, 0.15) is 17.1 Å². The first kappa shape index (κ1) is 20.2. The second-order valence-corrected chi connectivity index (χ2v) is 7.22. The molecule has 0 spiro atoms. The number of nitriles is 1. The molecule has 0 aliphatic carbocycles. The maximum absolute atomic E-state index is 13.1. The van der Waals surface area contributed by atoms with E-state index in [9.17, 15) is 4.79 Å². The summed E-state index contributed by atoms with van der Waals surface area (Å²) in [5.41, 5.74) is 4.33. The van der Waals surface area contributed by atoms with Crippen LogP contribution in [-0.2, 0) is 6.42 Å². The molecule has 4 aromatic rings. The molecule has 4 nitrogen and oxygen atoms in total.